The summed E-state index contributed by atoms with van der Waals surface area (Å²) in [4.78, 5) is 21.8. The number of nitrogens with zero attached hydrogens (tertiary/aromatic N) is 4. The molecule has 2 heterocycles. The standard InChI is InChI=1S/C21H30N4O/c1-17(2)20-22-10-12-25(20)18(3)21(26)24-15-13-23(14-16-24)11-9-19-7-5-4-6-8-19/h4-8,10,12,17-18H,9,11,13-16H2,1-3H3/t18-/m0/s1. The van der Waals surface area contributed by atoms with E-state index in [4.69, 9.17) is 0 Å². The Morgan fingerprint density at radius 3 is 2.42 bits per heavy atom. The molecule has 1 saturated heterocycles. The Labute approximate surface area is 156 Å². The molecule has 0 N–H and O–H groups in total. The van der Waals surface area contributed by atoms with E-state index in [1.807, 2.05) is 22.6 Å². The Morgan fingerprint density at radius 2 is 1.77 bits per heavy atom. The quantitative estimate of drug-likeness (QED) is 0.801. The molecule has 1 aromatic heterocycles. The van der Waals surface area contributed by atoms with Gasteiger partial charge in [0.25, 0.3) is 0 Å². The van der Waals surface area contributed by atoms with E-state index in [1.54, 1.807) is 6.20 Å². The maximum absolute atomic E-state index is 12.9. The molecule has 5 heteroatoms. The summed E-state index contributed by atoms with van der Waals surface area (Å²) < 4.78 is 2.02. The van der Waals surface area contributed by atoms with Crippen molar-refractivity contribution >= 4 is 5.91 Å². The highest BCUT2D eigenvalue weighted by atomic mass is 16.2. The van der Waals surface area contributed by atoms with Crippen molar-refractivity contribution in [2.75, 3.05) is 32.7 Å². The summed E-state index contributed by atoms with van der Waals surface area (Å²) in [5.74, 6) is 1.50. The molecule has 0 spiro atoms. The van der Waals surface area contributed by atoms with E-state index < -0.39 is 0 Å². The first-order valence-corrected chi connectivity index (χ1v) is 9.64. The van der Waals surface area contributed by atoms with Crippen LogP contribution in [-0.2, 0) is 11.2 Å². The molecule has 0 unspecified atom stereocenters. The molecule has 5 nitrogen and oxygen atoms in total. The molecule has 1 fully saturated rings. The van der Waals surface area contributed by atoms with Gasteiger partial charge in [-0.2, -0.15) is 0 Å². The van der Waals surface area contributed by atoms with Crippen LogP contribution in [0.5, 0.6) is 0 Å². The van der Waals surface area contributed by atoms with Crippen molar-refractivity contribution in [2.24, 2.45) is 0 Å². The van der Waals surface area contributed by atoms with Crippen LogP contribution in [0, 0.1) is 0 Å². The minimum atomic E-state index is -0.189. The van der Waals surface area contributed by atoms with Crippen LogP contribution in [-0.4, -0.2) is 58.0 Å². The van der Waals surface area contributed by atoms with Crippen LogP contribution < -0.4 is 0 Å². The second-order valence-corrected chi connectivity index (χ2v) is 7.43. The maximum Gasteiger partial charge on any atom is 0.245 e. The van der Waals surface area contributed by atoms with Crippen molar-refractivity contribution in [3.63, 3.8) is 0 Å². The van der Waals surface area contributed by atoms with E-state index in [-0.39, 0.29) is 11.9 Å². The fourth-order valence-corrected chi connectivity index (χ4v) is 3.61. The number of carbonyl (C=O) groups is 1. The third-order valence-electron chi connectivity index (χ3n) is 5.23. The number of amides is 1. The third-order valence-corrected chi connectivity index (χ3v) is 5.23. The molecule has 3 rings (SSSR count). The van der Waals surface area contributed by atoms with Gasteiger partial charge < -0.3 is 9.47 Å². The molecule has 1 aliphatic heterocycles. The lowest BCUT2D eigenvalue weighted by atomic mass is 10.1. The van der Waals surface area contributed by atoms with Gasteiger partial charge in [-0.3, -0.25) is 9.69 Å². The molecular weight excluding hydrogens is 324 g/mol. The van der Waals surface area contributed by atoms with Crippen molar-refractivity contribution < 1.29 is 4.79 Å². The lowest BCUT2D eigenvalue weighted by Gasteiger charge is -2.36. The second-order valence-electron chi connectivity index (χ2n) is 7.43. The molecule has 0 radical (unpaired) electrons. The average molecular weight is 354 g/mol. The van der Waals surface area contributed by atoms with Crippen molar-refractivity contribution in [3.05, 3.63) is 54.1 Å². The van der Waals surface area contributed by atoms with E-state index in [0.717, 1.165) is 45.0 Å². The van der Waals surface area contributed by atoms with Gasteiger partial charge in [-0.25, -0.2) is 4.98 Å². The largest absolute Gasteiger partial charge is 0.338 e. The smallest absolute Gasteiger partial charge is 0.245 e. The molecule has 26 heavy (non-hydrogen) atoms. The van der Waals surface area contributed by atoms with Gasteiger partial charge in [0.15, 0.2) is 0 Å². The minimum Gasteiger partial charge on any atom is -0.338 e. The topological polar surface area (TPSA) is 41.4 Å². The van der Waals surface area contributed by atoms with Crippen molar-refractivity contribution in [1.82, 2.24) is 19.4 Å². The Balaban J connectivity index is 1.51. The number of rotatable bonds is 6. The van der Waals surface area contributed by atoms with Gasteiger partial charge in [-0.1, -0.05) is 44.2 Å². The van der Waals surface area contributed by atoms with Crippen LogP contribution in [0.25, 0.3) is 0 Å². The average Bonchev–Trinajstić information content (AvgIpc) is 3.16. The molecule has 0 aliphatic carbocycles. The fraction of sp³-hybridized carbons (Fsp3) is 0.524. The number of aromatic nitrogens is 2. The van der Waals surface area contributed by atoms with Crippen molar-refractivity contribution in [3.8, 4) is 0 Å². The summed E-state index contributed by atoms with van der Waals surface area (Å²) >= 11 is 0. The highest BCUT2D eigenvalue weighted by Gasteiger charge is 2.27. The minimum absolute atomic E-state index is 0.189. The Kier molecular flexibility index (Phi) is 6.09. The Morgan fingerprint density at radius 1 is 1.08 bits per heavy atom. The predicted molar refractivity (Wildman–Crippen MR) is 104 cm³/mol. The van der Waals surface area contributed by atoms with Gasteiger partial charge >= 0.3 is 0 Å². The Bertz CT molecular complexity index is 702. The summed E-state index contributed by atoms with van der Waals surface area (Å²) in [5, 5.41) is 0. The summed E-state index contributed by atoms with van der Waals surface area (Å²) in [6.45, 7) is 10.8. The summed E-state index contributed by atoms with van der Waals surface area (Å²) in [6.07, 6.45) is 4.78. The van der Waals surface area contributed by atoms with Crippen LogP contribution in [0.3, 0.4) is 0 Å². The van der Waals surface area contributed by atoms with E-state index in [0.29, 0.717) is 5.92 Å². The van der Waals surface area contributed by atoms with Gasteiger partial charge in [0, 0.05) is 51.0 Å². The van der Waals surface area contributed by atoms with Crippen LogP contribution in [0.2, 0.25) is 0 Å². The van der Waals surface area contributed by atoms with Gasteiger partial charge in [0.05, 0.1) is 0 Å². The normalized spacial score (nSPS) is 16.8. The number of hydrogen-bond donors (Lipinski definition) is 0. The molecular formula is C21H30N4O. The first-order chi connectivity index (χ1) is 12.6. The first kappa shape index (κ1) is 18.6. The number of imidazole rings is 1. The molecule has 1 amide bonds. The fourth-order valence-electron chi connectivity index (χ4n) is 3.61. The van der Waals surface area contributed by atoms with Crippen molar-refractivity contribution in [2.45, 2.75) is 39.2 Å². The van der Waals surface area contributed by atoms with Gasteiger partial charge in [-0.05, 0) is 18.9 Å². The molecule has 1 aromatic carbocycles. The number of carbonyl (C=O) groups excluding carboxylic acids is 1. The summed E-state index contributed by atoms with van der Waals surface area (Å²) in [6, 6.07) is 10.4. The van der Waals surface area contributed by atoms with Crippen LogP contribution in [0.15, 0.2) is 42.7 Å². The molecule has 0 saturated carbocycles. The third kappa shape index (κ3) is 4.33. The summed E-state index contributed by atoms with van der Waals surface area (Å²) in [7, 11) is 0. The van der Waals surface area contributed by atoms with E-state index in [1.165, 1.54) is 5.56 Å². The number of benzene rings is 1. The zero-order chi connectivity index (χ0) is 18.5. The van der Waals surface area contributed by atoms with E-state index in [2.05, 4.69) is 54.1 Å². The van der Waals surface area contributed by atoms with Crippen LogP contribution >= 0.6 is 0 Å². The molecule has 2 aromatic rings. The molecule has 1 aliphatic rings. The Hall–Kier alpha value is -2.14. The monoisotopic (exact) mass is 354 g/mol. The van der Waals surface area contributed by atoms with Crippen molar-refractivity contribution in [1.29, 1.82) is 0 Å². The highest BCUT2D eigenvalue weighted by molar-refractivity contribution is 5.80. The summed E-state index contributed by atoms with van der Waals surface area (Å²) in [5.41, 5.74) is 1.38. The molecule has 140 valence electrons. The SMILES string of the molecule is CC(C)c1nccn1[C@@H](C)C(=O)N1CCN(CCc2ccccc2)CC1. The van der Waals surface area contributed by atoms with E-state index >= 15 is 0 Å². The van der Waals surface area contributed by atoms with Gasteiger partial charge in [0.1, 0.15) is 11.9 Å². The highest BCUT2D eigenvalue weighted by Crippen LogP contribution is 2.19. The zero-order valence-electron chi connectivity index (χ0n) is 16.1. The predicted octanol–water partition coefficient (Wildman–Crippen LogP) is 2.95. The lowest BCUT2D eigenvalue weighted by molar-refractivity contribution is -0.136. The van der Waals surface area contributed by atoms with Crippen LogP contribution in [0.1, 0.15) is 44.1 Å². The first-order valence-electron chi connectivity index (χ1n) is 9.64. The molecule has 0 bridgehead atoms. The number of piperazine rings is 1. The molecule has 1 atom stereocenters. The zero-order valence-corrected chi connectivity index (χ0v) is 16.1. The second kappa shape index (κ2) is 8.49. The number of hydrogen-bond acceptors (Lipinski definition) is 3. The van der Waals surface area contributed by atoms with E-state index in [9.17, 15) is 4.79 Å². The van der Waals surface area contributed by atoms with Crippen LogP contribution in [0.4, 0.5) is 0 Å². The lowest BCUT2D eigenvalue weighted by Crippen LogP contribution is -2.50. The van der Waals surface area contributed by atoms with Gasteiger partial charge in [-0.15, -0.1) is 0 Å². The maximum atomic E-state index is 12.9. The van der Waals surface area contributed by atoms with Gasteiger partial charge in [0.2, 0.25) is 5.91 Å².